The van der Waals surface area contributed by atoms with Gasteiger partial charge in [-0.25, -0.2) is 0 Å². The van der Waals surface area contributed by atoms with Gasteiger partial charge in [0, 0.05) is 5.54 Å². The highest BCUT2D eigenvalue weighted by Crippen LogP contribution is 2.65. The highest BCUT2D eigenvalue weighted by molar-refractivity contribution is 6.25. The van der Waals surface area contributed by atoms with Crippen LogP contribution in [-0.4, -0.2) is 0 Å². The summed E-state index contributed by atoms with van der Waals surface area (Å²) in [5.41, 5.74) is 4.74. The van der Waals surface area contributed by atoms with E-state index >= 15 is 0 Å². The summed E-state index contributed by atoms with van der Waals surface area (Å²) in [6, 6.07) is 0. The maximum Gasteiger partial charge on any atom is 0.000278 e. The van der Waals surface area contributed by atoms with Crippen molar-refractivity contribution in [1.29, 1.82) is 0 Å². The summed E-state index contributed by atoms with van der Waals surface area (Å²) in [6.07, 6.45) is 20.6. The Bertz CT molecular complexity index is 490. The van der Waals surface area contributed by atoms with Gasteiger partial charge in [-0.2, -0.15) is 0 Å². The summed E-state index contributed by atoms with van der Waals surface area (Å²) in [5.74, 6) is 2.91. The van der Waals surface area contributed by atoms with Crippen molar-refractivity contribution in [2.45, 2.75) is 77.6 Å². The molecule has 5 atom stereocenters. The lowest BCUT2D eigenvalue weighted by Gasteiger charge is -2.58. The van der Waals surface area contributed by atoms with E-state index in [1.807, 2.05) is 5.57 Å². The van der Waals surface area contributed by atoms with E-state index in [2.05, 4.69) is 19.1 Å². The monoisotopic (exact) mass is 318 g/mol. The quantitative estimate of drug-likeness (QED) is 0.488. The summed E-state index contributed by atoms with van der Waals surface area (Å²) < 4.78 is 0. The molecule has 122 valence electrons. The van der Waals surface area contributed by atoms with Gasteiger partial charge in [-0.15, -0.1) is 0 Å². The standard InChI is InChI=1S/C21H31Cl/c1-20-11-4-7-18(20)17-9-8-16-6-2-3-12-21(16,13-5-15-22)19(17)10-14-20/h5,8,15,17-19H,2-4,6-7,9-14H2,1H3/t17-,18-,19+,20-,21+/m0/s1. The number of hydrogen-bond donors (Lipinski definition) is 0. The van der Waals surface area contributed by atoms with Gasteiger partial charge in [0.05, 0.1) is 0 Å². The molecule has 0 amide bonds. The minimum absolute atomic E-state index is 0.483. The van der Waals surface area contributed by atoms with Crippen molar-refractivity contribution in [3.63, 3.8) is 0 Å². The molecule has 3 saturated carbocycles. The third-order valence-corrected chi connectivity index (χ3v) is 8.27. The number of rotatable bonds is 2. The van der Waals surface area contributed by atoms with Gasteiger partial charge in [0.15, 0.2) is 0 Å². The number of hydrogen-bond acceptors (Lipinski definition) is 0. The summed E-state index contributed by atoms with van der Waals surface area (Å²) >= 11 is 5.94. The first-order valence-electron chi connectivity index (χ1n) is 9.64. The Balaban J connectivity index is 1.71. The second kappa shape index (κ2) is 5.69. The highest BCUT2D eigenvalue weighted by Gasteiger charge is 2.56. The molecule has 1 heteroatoms. The minimum Gasteiger partial charge on any atom is -0.0933 e. The van der Waals surface area contributed by atoms with E-state index in [-0.39, 0.29) is 0 Å². The van der Waals surface area contributed by atoms with Gasteiger partial charge < -0.3 is 0 Å². The smallest absolute Gasteiger partial charge is 0.000278 e. The molecule has 0 bridgehead atoms. The van der Waals surface area contributed by atoms with Crippen molar-refractivity contribution < 1.29 is 0 Å². The van der Waals surface area contributed by atoms with Crippen molar-refractivity contribution in [3.8, 4) is 0 Å². The fourth-order valence-corrected chi connectivity index (χ4v) is 7.20. The molecule has 4 aliphatic carbocycles. The van der Waals surface area contributed by atoms with Crippen molar-refractivity contribution >= 4 is 11.6 Å². The average Bonchev–Trinajstić information content (AvgIpc) is 2.94. The molecule has 0 radical (unpaired) electrons. The zero-order valence-electron chi connectivity index (χ0n) is 14.1. The van der Waals surface area contributed by atoms with E-state index in [9.17, 15) is 0 Å². The van der Waals surface area contributed by atoms with Gasteiger partial charge in [0.1, 0.15) is 0 Å². The van der Waals surface area contributed by atoms with Crippen LogP contribution in [0.4, 0.5) is 0 Å². The zero-order valence-corrected chi connectivity index (χ0v) is 14.9. The van der Waals surface area contributed by atoms with Crippen LogP contribution in [0.5, 0.6) is 0 Å². The fourth-order valence-electron chi connectivity index (χ4n) is 7.11. The average molecular weight is 319 g/mol. The molecule has 0 unspecified atom stereocenters. The molecule has 22 heavy (non-hydrogen) atoms. The summed E-state index contributed by atoms with van der Waals surface area (Å²) in [6.45, 7) is 2.60. The summed E-state index contributed by atoms with van der Waals surface area (Å²) in [5, 5.41) is 0. The van der Waals surface area contributed by atoms with Crippen LogP contribution >= 0.6 is 11.6 Å². The molecule has 0 aromatic carbocycles. The lowest BCUT2D eigenvalue weighted by atomic mass is 9.47. The predicted molar refractivity (Wildman–Crippen MR) is 94.9 cm³/mol. The van der Waals surface area contributed by atoms with Crippen LogP contribution in [0, 0.1) is 28.6 Å². The molecule has 4 rings (SSSR count). The fraction of sp³-hybridized carbons (Fsp3) is 0.810. The van der Waals surface area contributed by atoms with Gasteiger partial charge in [0.2, 0.25) is 0 Å². The Kier molecular flexibility index (Phi) is 3.96. The molecule has 0 heterocycles. The third kappa shape index (κ3) is 2.16. The zero-order chi connectivity index (χ0) is 15.2. The molecule has 0 aromatic rings. The van der Waals surface area contributed by atoms with Crippen LogP contribution in [0.15, 0.2) is 23.3 Å². The van der Waals surface area contributed by atoms with Gasteiger partial charge in [-0.3, -0.25) is 0 Å². The maximum absolute atomic E-state index is 5.94. The molecule has 0 aromatic heterocycles. The second-order valence-corrected chi connectivity index (χ2v) is 9.11. The largest absolute Gasteiger partial charge is 0.0933 e. The lowest BCUT2D eigenvalue weighted by Crippen LogP contribution is -2.49. The van der Waals surface area contributed by atoms with E-state index < -0.39 is 0 Å². The summed E-state index contributed by atoms with van der Waals surface area (Å²) in [4.78, 5) is 0. The number of fused-ring (bicyclic) bond motifs is 5. The van der Waals surface area contributed by atoms with Gasteiger partial charge in [-0.1, -0.05) is 49.1 Å². The molecule has 3 fully saturated rings. The second-order valence-electron chi connectivity index (χ2n) is 8.86. The van der Waals surface area contributed by atoms with E-state index in [0.29, 0.717) is 10.8 Å². The topological polar surface area (TPSA) is 0 Å². The minimum atomic E-state index is 0.483. The third-order valence-electron chi connectivity index (χ3n) is 8.09. The van der Waals surface area contributed by atoms with Crippen molar-refractivity contribution in [3.05, 3.63) is 23.3 Å². The van der Waals surface area contributed by atoms with Gasteiger partial charge in [-0.05, 0) is 86.4 Å². The first-order valence-corrected chi connectivity index (χ1v) is 10.1. The normalized spacial score (nSPS) is 47.7. The first-order chi connectivity index (χ1) is 10.7. The molecular weight excluding hydrogens is 288 g/mol. The Morgan fingerprint density at radius 2 is 2.05 bits per heavy atom. The molecule has 0 spiro atoms. The Hall–Kier alpha value is -0.230. The Morgan fingerprint density at radius 3 is 2.91 bits per heavy atom. The van der Waals surface area contributed by atoms with E-state index in [1.165, 1.54) is 70.6 Å². The van der Waals surface area contributed by atoms with E-state index in [4.69, 9.17) is 11.6 Å². The van der Waals surface area contributed by atoms with Crippen LogP contribution in [0.1, 0.15) is 77.6 Å². The van der Waals surface area contributed by atoms with E-state index in [0.717, 1.165) is 17.8 Å². The summed E-state index contributed by atoms with van der Waals surface area (Å²) in [7, 11) is 0. The van der Waals surface area contributed by atoms with Crippen molar-refractivity contribution in [2.24, 2.45) is 28.6 Å². The molecule has 0 saturated heterocycles. The van der Waals surface area contributed by atoms with Crippen LogP contribution in [0.3, 0.4) is 0 Å². The Labute approximate surface area is 141 Å². The van der Waals surface area contributed by atoms with Crippen LogP contribution < -0.4 is 0 Å². The molecule has 4 aliphatic rings. The van der Waals surface area contributed by atoms with Crippen LogP contribution in [0.2, 0.25) is 0 Å². The molecular formula is C21H31Cl. The van der Waals surface area contributed by atoms with E-state index in [1.54, 1.807) is 5.54 Å². The first kappa shape index (κ1) is 15.3. The van der Waals surface area contributed by atoms with Crippen molar-refractivity contribution in [2.75, 3.05) is 0 Å². The van der Waals surface area contributed by atoms with Crippen LogP contribution in [0.25, 0.3) is 0 Å². The van der Waals surface area contributed by atoms with Crippen LogP contribution in [-0.2, 0) is 0 Å². The predicted octanol–water partition coefficient (Wildman–Crippen LogP) is 6.85. The number of halogens is 1. The van der Waals surface area contributed by atoms with Gasteiger partial charge in [0.25, 0.3) is 0 Å². The molecule has 0 aliphatic heterocycles. The lowest BCUT2D eigenvalue weighted by molar-refractivity contribution is -0.0312. The SMILES string of the molecule is C[C@@]12CCC[C@H]1[C@@H]1CC=C3CCCC[C@]3(CC=CCl)[C@@H]1CC2. The molecule has 0 nitrogen and oxygen atoms in total. The van der Waals surface area contributed by atoms with Gasteiger partial charge >= 0.3 is 0 Å². The highest BCUT2D eigenvalue weighted by atomic mass is 35.5. The Morgan fingerprint density at radius 1 is 1.14 bits per heavy atom. The molecule has 0 N–H and O–H groups in total. The van der Waals surface area contributed by atoms with Crippen molar-refractivity contribution in [1.82, 2.24) is 0 Å². The maximum atomic E-state index is 5.94. The number of allylic oxidation sites excluding steroid dienone is 3.